The molecule has 0 saturated carbocycles. The van der Waals surface area contributed by atoms with Crippen LogP contribution in [0.5, 0.6) is 0 Å². The molecule has 0 aliphatic heterocycles. The highest BCUT2D eigenvalue weighted by Crippen LogP contribution is 2.10. The molecule has 0 spiro atoms. The van der Waals surface area contributed by atoms with Gasteiger partial charge in [-0.05, 0) is 43.7 Å². The standard InChI is InChI=1S/C20H22N6O/c1-15-14-16(2)26(25-15)19-10-9-18(23-24-19)21-12-13-22-20(27)11-8-17-6-4-3-5-7-17/h3-11,14H,12-13H2,1-2H3,(H,21,23)(H,22,27)/b11-8-. The predicted molar refractivity (Wildman–Crippen MR) is 106 cm³/mol. The van der Waals surface area contributed by atoms with Gasteiger partial charge in [0.05, 0.1) is 5.69 Å². The summed E-state index contributed by atoms with van der Waals surface area (Å²) in [5.74, 6) is 1.19. The molecule has 0 fully saturated rings. The van der Waals surface area contributed by atoms with Gasteiger partial charge < -0.3 is 10.6 Å². The van der Waals surface area contributed by atoms with E-state index < -0.39 is 0 Å². The van der Waals surface area contributed by atoms with E-state index >= 15 is 0 Å². The second-order valence-corrected chi connectivity index (χ2v) is 6.08. The fraction of sp³-hybridized carbons (Fsp3) is 0.200. The molecule has 0 radical (unpaired) electrons. The Morgan fingerprint density at radius 1 is 1.07 bits per heavy atom. The van der Waals surface area contributed by atoms with Crippen LogP contribution in [-0.4, -0.2) is 39.0 Å². The lowest BCUT2D eigenvalue weighted by atomic mass is 10.2. The van der Waals surface area contributed by atoms with Crippen molar-refractivity contribution in [2.24, 2.45) is 0 Å². The summed E-state index contributed by atoms with van der Waals surface area (Å²) in [6, 6.07) is 15.4. The van der Waals surface area contributed by atoms with Gasteiger partial charge in [0.2, 0.25) is 5.91 Å². The maximum absolute atomic E-state index is 11.8. The Labute approximate surface area is 158 Å². The average Bonchev–Trinajstić information content (AvgIpc) is 3.03. The Morgan fingerprint density at radius 3 is 2.56 bits per heavy atom. The summed E-state index contributed by atoms with van der Waals surface area (Å²) in [4.78, 5) is 11.8. The smallest absolute Gasteiger partial charge is 0.244 e. The topological polar surface area (TPSA) is 84.7 Å². The third kappa shape index (κ3) is 5.24. The number of benzene rings is 1. The minimum atomic E-state index is -0.133. The molecule has 0 unspecified atom stereocenters. The van der Waals surface area contributed by atoms with Crippen molar-refractivity contribution in [2.45, 2.75) is 13.8 Å². The summed E-state index contributed by atoms with van der Waals surface area (Å²) in [7, 11) is 0. The number of anilines is 1. The van der Waals surface area contributed by atoms with Crippen molar-refractivity contribution in [2.75, 3.05) is 18.4 Å². The van der Waals surface area contributed by atoms with Crippen molar-refractivity contribution >= 4 is 17.8 Å². The van der Waals surface area contributed by atoms with Crippen LogP contribution >= 0.6 is 0 Å². The highest BCUT2D eigenvalue weighted by atomic mass is 16.1. The molecule has 0 bridgehead atoms. The van der Waals surface area contributed by atoms with E-state index in [1.165, 1.54) is 6.08 Å². The van der Waals surface area contributed by atoms with Crippen LogP contribution in [0, 0.1) is 13.8 Å². The molecule has 0 aliphatic rings. The molecule has 3 rings (SSSR count). The quantitative estimate of drug-likeness (QED) is 0.498. The second-order valence-electron chi connectivity index (χ2n) is 6.08. The predicted octanol–water partition coefficient (Wildman–Crippen LogP) is 2.52. The Hall–Kier alpha value is -3.48. The van der Waals surface area contributed by atoms with Gasteiger partial charge in [-0.1, -0.05) is 30.3 Å². The highest BCUT2D eigenvalue weighted by Gasteiger charge is 2.05. The molecule has 3 aromatic rings. The average molecular weight is 362 g/mol. The molecule has 1 aromatic carbocycles. The number of nitrogens with one attached hydrogen (secondary N) is 2. The van der Waals surface area contributed by atoms with Crippen LogP contribution in [0.3, 0.4) is 0 Å². The summed E-state index contributed by atoms with van der Waals surface area (Å²) < 4.78 is 1.76. The van der Waals surface area contributed by atoms with Gasteiger partial charge in [-0.15, -0.1) is 10.2 Å². The number of amides is 1. The first-order valence-corrected chi connectivity index (χ1v) is 8.74. The van der Waals surface area contributed by atoms with E-state index in [2.05, 4.69) is 25.9 Å². The number of carbonyl (C=O) groups is 1. The van der Waals surface area contributed by atoms with E-state index in [1.807, 2.05) is 62.4 Å². The van der Waals surface area contributed by atoms with Crippen molar-refractivity contribution in [3.05, 3.63) is 71.6 Å². The molecule has 0 aliphatic carbocycles. The van der Waals surface area contributed by atoms with E-state index in [0.29, 0.717) is 24.7 Å². The molecule has 2 aromatic heterocycles. The molecular formula is C20H22N6O. The molecule has 1 amide bonds. The van der Waals surface area contributed by atoms with Crippen LogP contribution in [0.1, 0.15) is 17.0 Å². The summed E-state index contributed by atoms with van der Waals surface area (Å²) >= 11 is 0. The Bertz CT molecular complexity index is 915. The molecule has 0 saturated heterocycles. The molecule has 2 N–H and O–H groups in total. The van der Waals surface area contributed by atoms with Crippen molar-refractivity contribution in [1.29, 1.82) is 0 Å². The van der Waals surface area contributed by atoms with Crippen molar-refractivity contribution in [3.63, 3.8) is 0 Å². The number of hydrogen-bond donors (Lipinski definition) is 2. The van der Waals surface area contributed by atoms with E-state index in [9.17, 15) is 4.79 Å². The van der Waals surface area contributed by atoms with E-state index in [4.69, 9.17) is 0 Å². The zero-order valence-corrected chi connectivity index (χ0v) is 15.4. The lowest BCUT2D eigenvalue weighted by Crippen LogP contribution is -2.27. The van der Waals surface area contributed by atoms with Gasteiger partial charge >= 0.3 is 0 Å². The Morgan fingerprint density at radius 2 is 1.89 bits per heavy atom. The summed E-state index contributed by atoms with van der Waals surface area (Å²) in [5, 5.41) is 18.7. The number of hydrogen-bond acceptors (Lipinski definition) is 5. The summed E-state index contributed by atoms with van der Waals surface area (Å²) in [6.07, 6.45) is 3.31. The second kappa shape index (κ2) is 8.75. The Balaban J connectivity index is 1.43. The van der Waals surface area contributed by atoms with E-state index in [0.717, 1.165) is 17.0 Å². The maximum Gasteiger partial charge on any atom is 0.244 e. The van der Waals surface area contributed by atoms with Gasteiger partial charge in [-0.25, -0.2) is 4.68 Å². The first-order valence-electron chi connectivity index (χ1n) is 8.74. The fourth-order valence-electron chi connectivity index (χ4n) is 2.56. The van der Waals surface area contributed by atoms with Crippen LogP contribution in [0.25, 0.3) is 11.9 Å². The number of aryl methyl sites for hydroxylation is 2. The maximum atomic E-state index is 11.8. The zero-order valence-electron chi connectivity index (χ0n) is 15.4. The third-order valence-electron chi connectivity index (χ3n) is 3.83. The highest BCUT2D eigenvalue weighted by molar-refractivity contribution is 5.91. The minimum Gasteiger partial charge on any atom is -0.367 e. The van der Waals surface area contributed by atoms with Gasteiger partial charge in [-0.2, -0.15) is 5.10 Å². The number of aromatic nitrogens is 4. The molecule has 0 atom stereocenters. The molecule has 138 valence electrons. The normalized spacial score (nSPS) is 10.9. The van der Waals surface area contributed by atoms with Gasteiger partial charge in [0.15, 0.2) is 5.82 Å². The van der Waals surface area contributed by atoms with Gasteiger partial charge in [0, 0.05) is 24.9 Å². The molecule has 27 heavy (non-hydrogen) atoms. The van der Waals surface area contributed by atoms with Crippen LogP contribution in [0.2, 0.25) is 0 Å². The molecular weight excluding hydrogens is 340 g/mol. The molecule has 7 heteroatoms. The van der Waals surface area contributed by atoms with Crippen molar-refractivity contribution in [1.82, 2.24) is 25.3 Å². The third-order valence-corrected chi connectivity index (χ3v) is 3.83. The van der Waals surface area contributed by atoms with E-state index in [-0.39, 0.29) is 5.91 Å². The SMILES string of the molecule is Cc1cc(C)n(-c2ccc(NCCNC(=O)/C=C\c3ccccc3)nn2)n1. The van der Waals surface area contributed by atoms with Gasteiger partial charge in [-0.3, -0.25) is 4.79 Å². The first-order chi connectivity index (χ1) is 13.1. The van der Waals surface area contributed by atoms with Crippen molar-refractivity contribution < 1.29 is 4.79 Å². The van der Waals surface area contributed by atoms with Gasteiger partial charge in [0.1, 0.15) is 5.82 Å². The Kier molecular flexibility index (Phi) is 5.94. The fourth-order valence-corrected chi connectivity index (χ4v) is 2.56. The lowest BCUT2D eigenvalue weighted by molar-refractivity contribution is -0.116. The van der Waals surface area contributed by atoms with Crippen LogP contribution in [0.4, 0.5) is 5.82 Å². The van der Waals surface area contributed by atoms with Gasteiger partial charge in [0.25, 0.3) is 0 Å². The molecule has 7 nitrogen and oxygen atoms in total. The zero-order chi connectivity index (χ0) is 19.1. The number of nitrogens with zero attached hydrogens (tertiary/aromatic N) is 4. The van der Waals surface area contributed by atoms with Crippen LogP contribution in [-0.2, 0) is 4.79 Å². The van der Waals surface area contributed by atoms with Crippen LogP contribution in [0.15, 0.2) is 54.6 Å². The number of rotatable bonds is 7. The first kappa shape index (κ1) is 18.3. The number of carbonyl (C=O) groups excluding carboxylic acids is 1. The summed E-state index contributed by atoms with van der Waals surface area (Å²) in [5.41, 5.74) is 2.94. The van der Waals surface area contributed by atoms with Crippen molar-refractivity contribution in [3.8, 4) is 5.82 Å². The lowest BCUT2D eigenvalue weighted by Gasteiger charge is -2.07. The molecule has 2 heterocycles. The van der Waals surface area contributed by atoms with Crippen LogP contribution < -0.4 is 10.6 Å². The summed E-state index contributed by atoms with van der Waals surface area (Å²) in [6.45, 7) is 4.96. The minimum absolute atomic E-state index is 0.133. The largest absolute Gasteiger partial charge is 0.367 e. The monoisotopic (exact) mass is 362 g/mol. The van der Waals surface area contributed by atoms with E-state index in [1.54, 1.807) is 10.8 Å².